The van der Waals surface area contributed by atoms with Crippen molar-refractivity contribution < 1.29 is 19.1 Å². The fourth-order valence-corrected chi connectivity index (χ4v) is 3.92. The summed E-state index contributed by atoms with van der Waals surface area (Å²) < 4.78 is 10.6. The molecule has 3 rings (SSSR count). The van der Waals surface area contributed by atoms with Gasteiger partial charge in [-0.1, -0.05) is 0 Å². The quantitative estimate of drug-likeness (QED) is 0.882. The Morgan fingerprint density at radius 2 is 2.25 bits per heavy atom. The van der Waals surface area contributed by atoms with Crippen LogP contribution in [0.4, 0.5) is 14.6 Å². The van der Waals surface area contributed by atoms with Gasteiger partial charge in [-0.25, -0.2) is 9.59 Å². The van der Waals surface area contributed by atoms with Gasteiger partial charge in [-0.15, -0.1) is 11.3 Å². The predicted octanol–water partition coefficient (Wildman–Crippen LogP) is 2.33. The van der Waals surface area contributed by atoms with Crippen molar-refractivity contribution in [2.45, 2.75) is 45.4 Å². The highest BCUT2D eigenvalue weighted by atomic mass is 32.1. The fraction of sp³-hybridized carbons (Fsp3) is 0.625. The van der Waals surface area contributed by atoms with Crippen molar-refractivity contribution in [3.05, 3.63) is 16.5 Å². The summed E-state index contributed by atoms with van der Waals surface area (Å²) in [5, 5.41) is 0.854. The molecule has 1 aromatic heterocycles. The van der Waals surface area contributed by atoms with Crippen LogP contribution < -0.4 is 10.6 Å². The average molecular weight is 353 g/mol. The first-order valence-corrected chi connectivity index (χ1v) is 8.86. The van der Waals surface area contributed by atoms with Gasteiger partial charge in [-0.05, 0) is 38.8 Å². The molecule has 0 aliphatic carbocycles. The maximum Gasteiger partial charge on any atom is 0.415 e. The summed E-state index contributed by atoms with van der Waals surface area (Å²) in [5.74, 6) is 0. The van der Waals surface area contributed by atoms with Crippen molar-refractivity contribution >= 4 is 28.5 Å². The van der Waals surface area contributed by atoms with Gasteiger partial charge in [0.1, 0.15) is 16.7 Å². The molecule has 1 fully saturated rings. The molecule has 2 amide bonds. The van der Waals surface area contributed by atoms with Gasteiger partial charge in [-0.3, -0.25) is 4.90 Å². The molecular formula is C16H23N3O4S. The molecule has 8 heteroatoms. The summed E-state index contributed by atoms with van der Waals surface area (Å²) in [6.45, 7) is 7.49. The number of rotatable bonds is 2. The molecule has 2 aliphatic heterocycles. The molecule has 3 heterocycles. The number of fused-ring (bicyclic) bond motifs is 1. The van der Waals surface area contributed by atoms with Crippen LogP contribution in [-0.4, -0.2) is 48.4 Å². The van der Waals surface area contributed by atoms with Gasteiger partial charge in [0.15, 0.2) is 0 Å². The highest BCUT2D eigenvalue weighted by Crippen LogP contribution is 2.36. The number of amides is 2. The molecule has 1 atom stereocenters. The third-order valence-electron chi connectivity index (χ3n) is 3.91. The molecule has 1 saturated heterocycles. The second kappa shape index (κ2) is 6.25. The van der Waals surface area contributed by atoms with Crippen LogP contribution in [-0.2, 0) is 22.4 Å². The lowest BCUT2D eigenvalue weighted by Crippen LogP contribution is -2.39. The molecule has 132 valence electrons. The topological polar surface area (TPSA) is 85.1 Å². The van der Waals surface area contributed by atoms with E-state index in [1.807, 2.05) is 26.8 Å². The summed E-state index contributed by atoms with van der Waals surface area (Å²) >= 11 is 1.58. The SMILES string of the molecule is CC(C)(C)OC(=O)N1CCc2sc(N3C[C@H](CN)OC3=O)cc2C1. The predicted molar refractivity (Wildman–Crippen MR) is 91.3 cm³/mol. The van der Waals surface area contributed by atoms with E-state index in [0.29, 0.717) is 26.2 Å². The minimum atomic E-state index is -0.506. The summed E-state index contributed by atoms with van der Waals surface area (Å²) in [5.41, 5.74) is 6.14. The van der Waals surface area contributed by atoms with E-state index in [4.69, 9.17) is 15.2 Å². The lowest BCUT2D eigenvalue weighted by molar-refractivity contribution is 0.0225. The zero-order valence-electron chi connectivity index (χ0n) is 14.2. The van der Waals surface area contributed by atoms with E-state index in [0.717, 1.165) is 17.0 Å². The molecule has 0 aromatic carbocycles. The summed E-state index contributed by atoms with van der Waals surface area (Å²) in [4.78, 5) is 28.7. The Balaban J connectivity index is 1.71. The van der Waals surface area contributed by atoms with Crippen LogP contribution >= 0.6 is 11.3 Å². The van der Waals surface area contributed by atoms with Crippen molar-refractivity contribution in [2.24, 2.45) is 5.73 Å². The van der Waals surface area contributed by atoms with Gasteiger partial charge in [-0.2, -0.15) is 0 Å². The van der Waals surface area contributed by atoms with Crippen LogP contribution in [0.25, 0.3) is 0 Å². The highest BCUT2D eigenvalue weighted by Gasteiger charge is 2.34. The zero-order valence-corrected chi connectivity index (χ0v) is 15.0. The van der Waals surface area contributed by atoms with Gasteiger partial charge < -0.3 is 20.1 Å². The second-order valence-electron chi connectivity index (χ2n) is 7.04. The maximum atomic E-state index is 12.2. The van der Waals surface area contributed by atoms with E-state index in [-0.39, 0.29) is 18.3 Å². The fourth-order valence-electron chi connectivity index (χ4n) is 2.76. The van der Waals surface area contributed by atoms with E-state index >= 15 is 0 Å². The smallest absolute Gasteiger partial charge is 0.415 e. The number of hydrogen-bond acceptors (Lipinski definition) is 6. The lowest BCUT2D eigenvalue weighted by atomic mass is 10.1. The minimum absolute atomic E-state index is 0.255. The number of hydrogen-bond donors (Lipinski definition) is 1. The third-order valence-corrected chi connectivity index (χ3v) is 5.17. The average Bonchev–Trinajstić information content (AvgIpc) is 3.07. The van der Waals surface area contributed by atoms with Crippen LogP contribution in [0.5, 0.6) is 0 Å². The third kappa shape index (κ3) is 3.49. The lowest BCUT2D eigenvalue weighted by Gasteiger charge is -2.29. The van der Waals surface area contributed by atoms with Crippen LogP contribution in [0.1, 0.15) is 31.2 Å². The Morgan fingerprint density at radius 1 is 1.50 bits per heavy atom. The summed E-state index contributed by atoms with van der Waals surface area (Å²) in [6.07, 6.45) is -0.143. The van der Waals surface area contributed by atoms with Crippen molar-refractivity contribution in [1.82, 2.24) is 4.90 Å². The van der Waals surface area contributed by atoms with Crippen molar-refractivity contribution in [1.29, 1.82) is 0 Å². The van der Waals surface area contributed by atoms with E-state index in [9.17, 15) is 9.59 Å². The molecule has 2 aliphatic rings. The highest BCUT2D eigenvalue weighted by molar-refractivity contribution is 7.16. The van der Waals surface area contributed by atoms with E-state index in [1.165, 1.54) is 4.88 Å². The van der Waals surface area contributed by atoms with E-state index < -0.39 is 5.60 Å². The first kappa shape index (κ1) is 17.0. The van der Waals surface area contributed by atoms with Gasteiger partial charge in [0, 0.05) is 18.0 Å². The molecule has 0 unspecified atom stereocenters. The number of ether oxygens (including phenoxy) is 2. The van der Waals surface area contributed by atoms with E-state index in [1.54, 1.807) is 21.1 Å². The molecule has 2 N–H and O–H groups in total. The van der Waals surface area contributed by atoms with Crippen molar-refractivity contribution in [3.63, 3.8) is 0 Å². The Morgan fingerprint density at radius 3 is 2.88 bits per heavy atom. The van der Waals surface area contributed by atoms with Crippen molar-refractivity contribution in [3.8, 4) is 0 Å². The number of anilines is 1. The summed E-state index contributed by atoms with van der Waals surface area (Å²) in [6, 6.07) is 1.97. The first-order valence-electron chi connectivity index (χ1n) is 8.04. The second-order valence-corrected chi connectivity index (χ2v) is 8.15. The van der Waals surface area contributed by atoms with Crippen LogP contribution in [0.2, 0.25) is 0 Å². The Bertz CT molecular complexity index is 652. The van der Waals surface area contributed by atoms with Crippen LogP contribution in [0, 0.1) is 0 Å². The number of nitrogens with zero attached hydrogens (tertiary/aromatic N) is 2. The van der Waals surface area contributed by atoms with Crippen LogP contribution in [0.3, 0.4) is 0 Å². The van der Waals surface area contributed by atoms with Gasteiger partial charge in [0.2, 0.25) is 0 Å². The monoisotopic (exact) mass is 353 g/mol. The summed E-state index contributed by atoms with van der Waals surface area (Å²) in [7, 11) is 0. The first-order chi connectivity index (χ1) is 11.3. The molecular weight excluding hydrogens is 330 g/mol. The standard InChI is InChI=1S/C16H23N3O4S/c1-16(2,3)23-14(20)18-5-4-12-10(8-18)6-13(24-12)19-9-11(7-17)22-15(19)21/h6,11H,4-5,7-9,17H2,1-3H3/t11-/m0/s1. The Hall–Kier alpha value is -1.80. The zero-order chi connectivity index (χ0) is 17.5. The maximum absolute atomic E-state index is 12.2. The number of carbonyl (C=O) groups is 2. The van der Waals surface area contributed by atoms with Gasteiger partial charge >= 0.3 is 12.2 Å². The molecule has 0 spiro atoms. The van der Waals surface area contributed by atoms with Crippen molar-refractivity contribution in [2.75, 3.05) is 24.5 Å². The van der Waals surface area contributed by atoms with E-state index in [2.05, 4.69) is 0 Å². The molecule has 0 bridgehead atoms. The van der Waals surface area contributed by atoms with Gasteiger partial charge in [0.05, 0.1) is 13.1 Å². The largest absolute Gasteiger partial charge is 0.444 e. The molecule has 0 radical (unpaired) electrons. The normalized spacial score (nSPS) is 20.8. The Labute approximate surface area is 145 Å². The number of carbonyl (C=O) groups excluding carboxylic acids is 2. The minimum Gasteiger partial charge on any atom is -0.444 e. The number of thiophene rings is 1. The number of nitrogens with two attached hydrogens (primary N) is 1. The molecule has 0 saturated carbocycles. The Kier molecular flexibility index (Phi) is 4.44. The van der Waals surface area contributed by atoms with Gasteiger partial charge in [0.25, 0.3) is 0 Å². The van der Waals surface area contributed by atoms with Crippen LogP contribution in [0.15, 0.2) is 6.07 Å². The molecule has 1 aromatic rings. The number of cyclic esters (lactones) is 1. The molecule has 24 heavy (non-hydrogen) atoms. The molecule has 7 nitrogen and oxygen atoms in total.